The van der Waals surface area contributed by atoms with Crippen molar-refractivity contribution in [3.05, 3.63) is 32.2 Å². The van der Waals surface area contributed by atoms with Crippen molar-refractivity contribution in [1.82, 2.24) is 20.4 Å². The summed E-state index contributed by atoms with van der Waals surface area (Å²) in [5.41, 5.74) is 3.75. The number of nitrogens with two attached hydrogens (primary N) is 1. The van der Waals surface area contributed by atoms with Gasteiger partial charge >= 0.3 is 0 Å². The van der Waals surface area contributed by atoms with Gasteiger partial charge in [-0.15, -0.1) is 16.4 Å². The summed E-state index contributed by atoms with van der Waals surface area (Å²) in [5, 5.41) is 7.94. The second-order valence-corrected chi connectivity index (χ2v) is 5.60. The Kier molecular flexibility index (Phi) is 3.93. The van der Waals surface area contributed by atoms with Crippen LogP contribution in [0, 0.1) is 0 Å². The monoisotopic (exact) mass is 315 g/mol. The van der Waals surface area contributed by atoms with Crippen molar-refractivity contribution in [3.63, 3.8) is 0 Å². The average molecular weight is 316 g/mol. The van der Waals surface area contributed by atoms with Crippen molar-refractivity contribution >= 4 is 27.3 Å². The molecule has 0 aliphatic heterocycles. The van der Waals surface area contributed by atoms with E-state index in [9.17, 15) is 0 Å². The summed E-state index contributed by atoms with van der Waals surface area (Å²) >= 11 is 5.14. The third-order valence-corrected chi connectivity index (χ3v) is 4.44. The third kappa shape index (κ3) is 2.42. The van der Waals surface area contributed by atoms with Gasteiger partial charge in [-0.05, 0) is 34.5 Å². The van der Waals surface area contributed by atoms with E-state index in [0.29, 0.717) is 0 Å². The molecular formula is C10H14BrN5S. The fourth-order valence-corrected chi connectivity index (χ4v) is 3.25. The molecule has 7 heteroatoms. The minimum atomic E-state index is -0.0883. The van der Waals surface area contributed by atoms with Crippen LogP contribution in [0.5, 0.6) is 0 Å². The molecule has 0 spiro atoms. The summed E-state index contributed by atoms with van der Waals surface area (Å²) in [6.07, 6.45) is 1.03. The molecule has 1 atom stereocenters. The molecule has 2 heterocycles. The number of thiophene rings is 1. The van der Waals surface area contributed by atoms with Gasteiger partial charge in [0.25, 0.3) is 0 Å². The van der Waals surface area contributed by atoms with Crippen LogP contribution >= 0.6 is 27.3 Å². The first-order valence-corrected chi connectivity index (χ1v) is 6.88. The molecule has 0 amide bonds. The van der Waals surface area contributed by atoms with Crippen molar-refractivity contribution in [2.45, 2.75) is 19.4 Å². The average Bonchev–Trinajstić information content (AvgIpc) is 2.91. The molecule has 92 valence electrons. The van der Waals surface area contributed by atoms with Crippen LogP contribution in [0.1, 0.15) is 28.4 Å². The molecule has 2 rings (SSSR count). The van der Waals surface area contributed by atoms with Gasteiger partial charge in [0, 0.05) is 16.8 Å². The number of nitrogens with one attached hydrogen (secondary N) is 1. The van der Waals surface area contributed by atoms with Crippen molar-refractivity contribution in [2.75, 3.05) is 0 Å². The lowest BCUT2D eigenvalue weighted by Gasteiger charge is -2.14. The number of hydrogen-bond acceptors (Lipinski definition) is 5. The predicted molar refractivity (Wildman–Crippen MR) is 71.6 cm³/mol. The van der Waals surface area contributed by atoms with Gasteiger partial charge in [-0.1, -0.05) is 12.1 Å². The van der Waals surface area contributed by atoms with E-state index in [2.05, 4.69) is 50.7 Å². The molecule has 0 aromatic carbocycles. The van der Waals surface area contributed by atoms with Gasteiger partial charge in [-0.2, -0.15) is 0 Å². The highest BCUT2D eigenvalue weighted by Gasteiger charge is 2.22. The highest BCUT2D eigenvalue weighted by atomic mass is 79.9. The summed E-state index contributed by atoms with van der Waals surface area (Å²) in [7, 11) is 1.85. The van der Waals surface area contributed by atoms with E-state index in [1.54, 1.807) is 16.0 Å². The molecule has 1 unspecified atom stereocenters. The Bertz CT molecular complexity index is 487. The summed E-state index contributed by atoms with van der Waals surface area (Å²) in [6.45, 7) is 2.14. The van der Waals surface area contributed by atoms with Crippen LogP contribution in [0.2, 0.25) is 0 Å². The second-order valence-electron chi connectivity index (χ2n) is 3.65. The minimum absolute atomic E-state index is 0.0883. The van der Waals surface area contributed by atoms with Crippen molar-refractivity contribution in [1.29, 1.82) is 0 Å². The number of hydrogen-bond donors (Lipinski definition) is 2. The van der Waals surface area contributed by atoms with E-state index < -0.39 is 0 Å². The zero-order valence-corrected chi connectivity index (χ0v) is 12.0. The zero-order valence-electron chi connectivity index (χ0n) is 9.64. The highest BCUT2D eigenvalue weighted by Crippen LogP contribution is 2.30. The van der Waals surface area contributed by atoms with Crippen LogP contribution in [-0.2, 0) is 13.5 Å². The predicted octanol–water partition coefficient (Wildman–Crippen LogP) is 1.75. The molecule has 0 saturated heterocycles. The summed E-state index contributed by atoms with van der Waals surface area (Å²) in [6, 6.07) is 4.13. The van der Waals surface area contributed by atoms with Gasteiger partial charge in [0.1, 0.15) is 0 Å². The van der Waals surface area contributed by atoms with Gasteiger partial charge in [-0.25, -0.2) is 10.1 Å². The summed E-state index contributed by atoms with van der Waals surface area (Å²) in [4.78, 5) is 2.50. The molecule has 0 radical (unpaired) electrons. The van der Waals surface area contributed by atoms with Crippen LogP contribution in [0.3, 0.4) is 0 Å². The third-order valence-electron chi connectivity index (χ3n) is 2.58. The maximum Gasteiger partial charge on any atom is 0.153 e. The van der Waals surface area contributed by atoms with Crippen molar-refractivity contribution in [2.24, 2.45) is 12.9 Å². The van der Waals surface area contributed by atoms with Gasteiger partial charge in [0.15, 0.2) is 4.60 Å². The number of rotatable bonds is 4. The minimum Gasteiger partial charge on any atom is -0.270 e. The Morgan fingerprint density at radius 3 is 2.82 bits per heavy atom. The lowest BCUT2D eigenvalue weighted by molar-refractivity contribution is 0.575. The van der Waals surface area contributed by atoms with E-state index in [1.807, 2.05) is 7.05 Å². The Morgan fingerprint density at radius 1 is 1.59 bits per heavy atom. The SMILES string of the molecule is CCc1ccc(C(NN)c2c(Br)nnn2C)s1. The smallest absolute Gasteiger partial charge is 0.153 e. The molecule has 0 bridgehead atoms. The summed E-state index contributed by atoms with van der Waals surface area (Å²) < 4.78 is 2.44. The molecule has 2 aromatic heterocycles. The van der Waals surface area contributed by atoms with Crippen LogP contribution < -0.4 is 11.3 Å². The number of aryl methyl sites for hydroxylation is 2. The molecule has 5 nitrogen and oxygen atoms in total. The Morgan fingerprint density at radius 2 is 2.35 bits per heavy atom. The lowest BCUT2D eigenvalue weighted by atomic mass is 10.2. The molecule has 3 N–H and O–H groups in total. The van der Waals surface area contributed by atoms with Crippen molar-refractivity contribution in [3.8, 4) is 0 Å². The molecule has 17 heavy (non-hydrogen) atoms. The van der Waals surface area contributed by atoms with Gasteiger partial charge in [0.05, 0.1) is 11.7 Å². The first-order chi connectivity index (χ1) is 8.17. The molecular weight excluding hydrogens is 302 g/mol. The normalized spacial score (nSPS) is 12.9. The zero-order chi connectivity index (χ0) is 12.4. The highest BCUT2D eigenvalue weighted by molar-refractivity contribution is 9.10. The van der Waals surface area contributed by atoms with E-state index in [4.69, 9.17) is 5.84 Å². The Balaban J connectivity index is 2.40. The maximum absolute atomic E-state index is 5.65. The number of halogens is 1. The fourth-order valence-electron chi connectivity index (χ4n) is 1.68. The Hall–Kier alpha value is -0.760. The lowest BCUT2D eigenvalue weighted by Crippen LogP contribution is -2.30. The molecule has 0 aliphatic rings. The molecule has 0 saturated carbocycles. The number of aromatic nitrogens is 3. The first kappa shape index (κ1) is 12.7. The van der Waals surface area contributed by atoms with Gasteiger partial charge in [0.2, 0.25) is 0 Å². The number of hydrazine groups is 1. The van der Waals surface area contributed by atoms with E-state index in [0.717, 1.165) is 21.6 Å². The standard InChI is InChI=1S/C10H14BrN5S/c1-3-6-4-5-7(17-6)8(13-12)9-10(11)14-15-16(9)2/h4-5,8,13H,3,12H2,1-2H3. The first-order valence-electron chi connectivity index (χ1n) is 5.27. The van der Waals surface area contributed by atoms with Gasteiger partial charge < -0.3 is 0 Å². The number of nitrogens with zero attached hydrogens (tertiary/aromatic N) is 3. The maximum atomic E-state index is 5.65. The van der Waals surface area contributed by atoms with Crippen LogP contribution in [0.15, 0.2) is 16.7 Å². The molecule has 0 aliphatic carbocycles. The summed E-state index contributed by atoms with van der Waals surface area (Å²) in [5.74, 6) is 5.65. The van der Waals surface area contributed by atoms with Crippen LogP contribution in [0.25, 0.3) is 0 Å². The molecule has 0 fully saturated rings. The Labute approximate surface area is 112 Å². The molecule has 2 aromatic rings. The topological polar surface area (TPSA) is 68.8 Å². The van der Waals surface area contributed by atoms with Crippen LogP contribution in [-0.4, -0.2) is 15.0 Å². The largest absolute Gasteiger partial charge is 0.270 e. The van der Waals surface area contributed by atoms with Crippen molar-refractivity contribution < 1.29 is 0 Å². The second kappa shape index (κ2) is 5.26. The fraction of sp³-hybridized carbons (Fsp3) is 0.400. The van der Waals surface area contributed by atoms with E-state index in [1.165, 1.54) is 4.88 Å². The van der Waals surface area contributed by atoms with E-state index >= 15 is 0 Å². The van der Waals surface area contributed by atoms with Crippen LogP contribution in [0.4, 0.5) is 0 Å². The quantitative estimate of drug-likeness (QED) is 0.666. The van der Waals surface area contributed by atoms with Gasteiger partial charge in [-0.3, -0.25) is 5.84 Å². The van der Waals surface area contributed by atoms with E-state index in [-0.39, 0.29) is 6.04 Å².